The van der Waals surface area contributed by atoms with Crippen molar-refractivity contribution in [1.29, 1.82) is 0 Å². The number of alkyl halides is 1. The molecule has 0 aromatic carbocycles. The average Bonchev–Trinajstić information content (AvgIpc) is 2.84. The zero-order valence-electron chi connectivity index (χ0n) is 8.61. The molecule has 0 saturated carbocycles. The highest BCUT2D eigenvalue weighted by Crippen LogP contribution is 2.23. The van der Waals surface area contributed by atoms with Crippen molar-refractivity contribution in [3.05, 3.63) is 48.2 Å². The number of aromatic nitrogens is 2. The van der Waals surface area contributed by atoms with Gasteiger partial charge in [0.2, 0.25) is 0 Å². The Morgan fingerprint density at radius 2 is 2.50 bits per heavy atom. The lowest BCUT2D eigenvalue weighted by molar-refractivity contribution is 0.562. The molecule has 2 aromatic heterocycles. The second-order valence-electron chi connectivity index (χ2n) is 3.16. The van der Waals surface area contributed by atoms with Crippen molar-refractivity contribution < 1.29 is 4.39 Å². The van der Waals surface area contributed by atoms with Crippen LogP contribution in [-0.2, 0) is 0 Å². The quantitative estimate of drug-likeness (QED) is 0.802. The molecule has 0 spiro atoms. The number of fused-ring (bicyclic) bond motifs is 1. The summed E-state index contributed by atoms with van der Waals surface area (Å²) in [6.07, 6.45) is 6.72. The fourth-order valence-electron chi connectivity index (χ4n) is 1.44. The van der Waals surface area contributed by atoms with Crippen LogP contribution in [0.4, 0.5) is 4.39 Å². The summed E-state index contributed by atoms with van der Waals surface area (Å²) in [6, 6.07) is 2.00. The summed E-state index contributed by atoms with van der Waals surface area (Å²) in [4.78, 5) is 7.35. The van der Waals surface area contributed by atoms with Gasteiger partial charge in [0.05, 0.1) is 10.2 Å². The van der Waals surface area contributed by atoms with Gasteiger partial charge in [0.1, 0.15) is 12.3 Å². The van der Waals surface area contributed by atoms with E-state index in [1.165, 1.54) is 6.08 Å². The molecule has 0 bridgehead atoms. The summed E-state index contributed by atoms with van der Waals surface area (Å²) >= 11 is 1.57. The first kappa shape index (κ1) is 10.8. The van der Waals surface area contributed by atoms with Crippen LogP contribution in [-0.4, -0.2) is 16.6 Å². The first-order valence-corrected chi connectivity index (χ1v) is 5.71. The number of allylic oxidation sites excluding steroid dienone is 5. The van der Waals surface area contributed by atoms with Crippen molar-refractivity contribution in [2.45, 2.75) is 0 Å². The monoisotopic (exact) mass is 234 g/mol. The molecular weight excluding hydrogens is 223 g/mol. The predicted octanol–water partition coefficient (Wildman–Crippen LogP) is 3.72. The van der Waals surface area contributed by atoms with Gasteiger partial charge in [-0.3, -0.25) is 0 Å². The van der Waals surface area contributed by atoms with Crippen molar-refractivity contribution in [3.63, 3.8) is 0 Å². The van der Waals surface area contributed by atoms with Crippen LogP contribution in [0.25, 0.3) is 15.9 Å². The lowest BCUT2D eigenvalue weighted by Gasteiger charge is -1.96. The molecule has 2 nitrogen and oxygen atoms in total. The van der Waals surface area contributed by atoms with Crippen LogP contribution >= 0.6 is 11.3 Å². The van der Waals surface area contributed by atoms with Gasteiger partial charge in [-0.25, -0.2) is 9.37 Å². The van der Waals surface area contributed by atoms with Crippen LogP contribution in [0.1, 0.15) is 5.69 Å². The van der Waals surface area contributed by atoms with Crippen LogP contribution in [0.15, 0.2) is 42.5 Å². The molecule has 0 aliphatic carbocycles. The fourth-order valence-corrected chi connectivity index (χ4v) is 2.11. The Kier molecular flexibility index (Phi) is 3.31. The second-order valence-corrected chi connectivity index (χ2v) is 4.05. The molecular formula is C12H11FN2S. The van der Waals surface area contributed by atoms with E-state index in [1.807, 2.05) is 12.1 Å². The maximum atomic E-state index is 12.1. The van der Waals surface area contributed by atoms with E-state index >= 15 is 0 Å². The SMILES string of the molecule is C=C/C=C(\C=C/CF)c1cc2scnc2[nH]1. The molecule has 0 amide bonds. The van der Waals surface area contributed by atoms with Crippen LogP contribution < -0.4 is 0 Å². The Bertz CT molecular complexity index is 520. The van der Waals surface area contributed by atoms with Gasteiger partial charge in [-0.15, -0.1) is 11.3 Å². The van der Waals surface area contributed by atoms with E-state index in [4.69, 9.17) is 0 Å². The van der Waals surface area contributed by atoms with Gasteiger partial charge in [0.15, 0.2) is 0 Å². The third-order valence-electron chi connectivity index (χ3n) is 2.12. The molecule has 0 fully saturated rings. The Balaban J connectivity index is 2.40. The standard InChI is InChI=1S/C12H11FN2S/c1-2-4-9(5-3-6-13)10-7-11-12(15-10)14-8-16-11/h2-5,7-8,15H,1,6H2/b5-3-,9-4+. The molecule has 0 saturated heterocycles. The number of hydrogen-bond acceptors (Lipinski definition) is 2. The molecule has 0 atom stereocenters. The zero-order chi connectivity index (χ0) is 11.4. The molecule has 0 aliphatic rings. The fraction of sp³-hybridized carbons (Fsp3) is 0.0833. The molecule has 2 heterocycles. The van der Waals surface area contributed by atoms with Crippen LogP contribution in [0.3, 0.4) is 0 Å². The smallest absolute Gasteiger partial charge is 0.148 e. The lowest BCUT2D eigenvalue weighted by atomic mass is 10.1. The van der Waals surface area contributed by atoms with Gasteiger partial charge in [-0.2, -0.15) is 0 Å². The molecule has 4 heteroatoms. The largest absolute Gasteiger partial charge is 0.338 e. The third-order valence-corrected chi connectivity index (χ3v) is 2.89. The molecule has 82 valence electrons. The van der Waals surface area contributed by atoms with Gasteiger partial charge >= 0.3 is 0 Å². The summed E-state index contributed by atoms with van der Waals surface area (Å²) < 4.78 is 13.2. The normalized spacial score (nSPS) is 12.7. The van der Waals surface area contributed by atoms with Crippen LogP contribution in [0, 0.1) is 0 Å². The molecule has 1 N–H and O–H groups in total. The average molecular weight is 234 g/mol. The number of aromatic amines is 1. The van der Waals surface area contributed by atoms with E-state index in [0.29, 0.717) is 0 Å². The first-order chi connectivity index (χ1) is 7.85. The zero-order valence-corrected chi connectivity index (χ0v) is 9.43. The lowest BCUT2D eigenvalue weighted by Crippen LogP contribution is -1.81. The summed E-state index contributed by atoms with van der Waals surface area (Å²) in [5.41, 5.74) is 4.49. The summed E-state index contributed by atoms with van der Waals surface area (Å²) in [6.45, 7) is 3.17. The first-order valence-electron chi connectivity index (χ1n) is 4.83. The number of rotatable bonds is 4. The summed E-state index contributed by atoms with van der Waals surface area (Å²) in [5, 5.41) is 0. The van der Waals surface area contributed by atoms with Crippen molar-refractivity contribution in [2.75, 3.05) is 6.67 Å². The van der Waals surface area contributed by atoms with E-state index in [2.05, 4.69) is 16.5 Å². The van der Waals surface area contributed by atoms with E-state index in [0.717, 1.165) is 21.6 Å². The third kappa shape index (κ3) is 2.12. The topological polar surface area (TPSA) is 28.7 Å². The summed E-state index contributed by atoms with van der Waals surface area (Å²) in [5.74, 6) is 0. The Labute approximate surface area is 96.8 Å². The maximum Gasteiger partial charge on any atom is 0.148 e. The number of hydrogen-bond donors (Lipinski definition) is 1. The minimum absolute atomic E-state index is 0.470. The van der Waals surface area contributed by atoms with Gasteiger partial charge in [-0.1, -0.05) is 30.9 Å². The minimum Gasteiger partial charge on any atom is -0.338 e. The van der Waals surface area contributed by atoms with E-state index < -0.39 is 6.67 Å². The number of nitrogens with one attached hydrogen (secondary N) is 1. The van der Waals surface area contributed by atoms with E-state index in [9.17, 15) is 4.39 Å². The van der Waals surface area contributed by atoms with Gasteiger partial charge in [-0.05, 0) is 11.6 Å². The molecule has 0 aliphatic heterocycles. The maximum absolute atomic E-state index is 12.1. The van der Waals surface area contributed by atoms with Crippen molar-refractivity contribution in [2.24, 2.45) is 0 Å². The summed E-state index contributed by atoms with van der Waals surface area (Å²) in [7, 11) is 0. The number of H-pyrrole nitrogens is 1. The van der Waals surface area contributed by atoms with Gasteiger partial charge < -0.3 is 4.98 Å². The van der Waals surface area contributed by atoms with E-state index in [-0.39, 0.29) is 0 Å². The van der Waals surface area contributed by atoms with Crippen molar-refractivity contribution in [1.82, 2.24) is 9.97 Å². The molecule has 2 rings (SSSR count). The highest BCUT2D eigenvalue weighted by molar-refractivity contribution is 7.16. The highest BCUT2D eigenvalue weighted by Gasteiger charge is 2.04. The number of thiazole rings is 1. The highest BCUT2D eigenvalue weighted by atomic mass is 32.1. The molecule has 0 radical (unpaired) electrons. The second kappa shape index (κ2) is 4.90. The number of nitrogens with zero attached hydrogens (tertiary/aromatic N) is 1. The number of halogens is 1. The van der Waals surface area contributed by atoms with Crippen LogP contribution in [0.5, 0.6) is 0 Å². The molecule has 16 heavy (non-hydrogen) atoms. The Morgan fingerprint density at radius 3 is 3.19 bits per heavy atom. The van der Waals surface area contributed by atoms with Gasteiger partial charge in [0, 0.05) is 5.69 Å². The van der Waals surface area contributed by atoms with E-state index in [1.54, 1.807) is 29.0 Å². The van der Waals surface area contributed by atoms with Gasteiger partial charge in [0.25, 0.3) is 0 Å². The Hall–Kier alpha value is -1.68. The van der Waals surface area contributed by atoms with Crippen molar-refractivity contribution in [3.8, 4) is 0 Å². The minimum atomic E-state index is -0.470. The molecule has 2 aromatic rings. The van der Waals surface area contributed by atoms with Crippen LogP contribution in [0.2, 0.25) is 0 Å². The van der Waals surface area contributed by atoms with Crippen molar-refractivity contribution >= 4 is 27.3 Å². The predicted molar refractivity (Wildman–Crippen MR) is 67.3 cm³/mol. The molecule has 0 unspecified atom stereocenters. The Morgan fingerprint density at radius 1 is 1.62 bits per heavy atom.